The van der Waals surface area contributed by atoms with Crippen LogP contribution in [0.3, 0.4) is 0 Å². The van der Waals surface area contributed by atoms with Crippen LogP contribution in [0.15, 0.2) is 97.1 Å². The smallest absolute Gasteiger partial charge is 0.413 e. The third kappa shape index (κ3) is 28.7. The first-order valence-corrected chi connectivity index (χ1v) is 47.4. The maximum atomic E-state index is 13.0. The van der Waals surface area contributed by atoms with E-state index in [1.165, 1.54) is 19.2 Å². The summed E-state index contributed by atoms with van der Waals surface area (Å²) >= 11 is 32.5. The Morgan fingerprint density at radius 3 is 0.963 bits per heavy atom. The minimum absolute atomic E-state index is 0.0104. The first kappa shape index (κ1) is 110. The molecule has 0 saturated carbocycles. The molecule has 6 unspecified atom stereocenters. The predicted octanol–water partition coefficient (Wildman–Crippen LogP) is 17.8. The van der Waals surface area contributed by atoms with Crippen molar-refractivity contribution in [1.82, 2.24) is 20.4 Å². The predicted molar refractivity (Wildman–Crippen MR) is 565 cm³/mol. The van der Waals surface area contributed by atoms with Crippen molar-refractivity contribution in [2.45, 2.75) is 152 Å². The Balaban J connectivity index is 0.000000201. The average Bonchev–Trinajstić information content (AvgIpc) is 1.47. The van der Waals surface area contributed by atoms with Gasteiger partial charge in [0.1, 0.15) is 40.3 Å². The SMILES string of the molecule is CC1CCc2cc(NC(=S)N(C)C)c(O)cc2N(C)C1=O.CCOC(=O)NC(=S)Nc1cc2c(cc1OC)N(C)C(=O)C(C)CC2.COc1cc2c(cc1Cl)CCC(C)C(=O)N2C.COc1cc2c(cc1NC(=S)N(C)C)CCC(C)C(=O)N2C.COc1cc2c(cc1NC(=S)NC(C)(C)C)CCC(C)C(=O)N2C.COc1cc2c(cc1NC(=S)Nc1ccc(F)cc1)CCC(C)C(=O)N2C. The lowest BCUT2D eigenvalue weighted by Crippen LogP contribution is -2.43. The minimum atomic E-state index is -0.618. The van der Waals surface area contributed by atoms with E-state index in [0.29, 0.717) is 77.0 Å². The normalized spacial score (nSPS) is 17.6. The van der Waals surface area contributed by atoms with Gasteiger partial charge in [-0.25, -0.2) is 9.18 Å². The Kier molecular flexibility index (Phi) is 39.8. The maximum Gasteiger partial charge on any atom is 0.413 e. The van der Waals surface area contributed by atoms with Crippen molar-refractivity contribution < 1.29 is 71.5 Å². The van der Waals surface area contributed by atoms with Crippen LogP contribution < -0.4 is 95.6 Å². The van der Waals surface area contributed by atoms with Crippen LogP contribution in [0.2, 0.25) is 5.02 Å². The van der Waals surface area contributed by atoms with Crippen molar-refractivity contribution >= 4 is 208 Å². The van der Waals surface area contributed by atoms with Gasteiger partial charge in [0.25, 0.3) is 0 Å². The molecular weight excluding hydrogens is 1850 g/mol. The summed E-state index contributed by atoms with van der Waals surface area (Å²) in [5, 5.41) is 37.2. The fraction of sp³-hybridized carbons (Fsp3) is 0.455. The Bertz CT molecular complexity index is 5590. The van der Waals surface area contributed by atoms with Gasteiger partial charge >= 0.3 is 6.09 Å². The van der Waals surface area contributed by atoms with E-state index in [0.717, 1.165) is 156 Å². The lowest BCUT2D eigenvalue weighted by Gasteiger charge is -2.25. The summed E-state index contributed by atoms with van der Waals surface area (Å²) < 4.78 is 44.9. The number of carbonyl (C=O) groups is 7. The number of hydrogen-bond acceptors (Lipinski definition) is 19. The maximum absolute atomic E-state index is 13.0. The number of benzene rings is 7. The molecule has 0 spiro atoms. The first-order chi connectivity index (χ1) is 64.1. The molecular formula is C99H132ClFN16O14S5. The molecule has 6 aliphatic heterocycles. The summed E-state index contributed by atoms with van der Waals surface area (Å²) in [6.45, 7) is 19.9. The Hall–Kier alpha value is -11.7. The summed E-state index contributed by atoms with van der Waals surface area (Å²) in [7, 11) is 26.1. The minimum Gasteiger partial charge on any atom is -0.506 e. The molecule has 6 aliphatic rings. The summed E-state index contributed by atoms with van der Waals surface area (Å²) in [6, 6.07) is 28.6. The standard InChI is InChI=1S/C20H22FN3O2S.C18H27N3O2S.C17H23N3O4S.C16H23N3O2S.C15H21N3O2S.C13H16ClNO2/c1-12-4-5-13-10-16(18(26-3)11-17(13)24(2)19(12)25)23-20(27)22-15-8-6-14(21)7-9-15;1-11-7-8-12-9-13(19-17(24)20-18(2,3)4)15(23-6)10-14(12)21(5)16(11)22;1-5-24-17(22)19-16(25)18-12-8-11-7-6-10(2)15(21)20(3)13(11)9-14(12)23-4;1-10-6-7-11-8-12(17-16(22)18(2)3)14(21-5)9-13(11)19(4)15(10)20;1-9-5-6-10-7-11(16-15(21)17(2)3)13(19)8-12(10)18(4)14(9)20;1-8-4-5-9-6-10(14)12(17-3)7-11(9)15(2)13(8)16/h6-12H,4-5H2,1-3H3,(H2,22,23,27);9-11H,7-8H2,1-6H3,(H2,19,20,24);8-10H,5-7H2,1-4H3,(H2,18,19,22,25);8-10H,6-7H2,1-5H3,(H,17,22);7-9,19H,5-6H2,1-4H3,(H,16,21);6-8H,4-5H2,1-3H3. The zero-order valence-electron chi connectivity index (χ0n) is 82.5. The van der Waals surface area contributed by atoms with Crippen LogP contribution in [-0.4, -0.2) is 200 Å². The number of nitrogens with one attached hydrogen (secondary N) is 8. The third-order valence-electron chi connectivity index (χ3n) is 24.0. The molecule has 13 rings (SSSR count). The Morgan fingerprint density at radius 1 is 0.404 bits per heavy atom. The quantitative estimate of drug-likeness (QED) is 0.0405. The summed E-state index contributed by atoms with van der Waals surface area (Å²) in [4.78, 5) is 98.8. The van der Waals surface area contributed by atoms with Gasteiger partial charge in [-0.05, 0) is 260 Å². The number of nitrogens with zero attached hydrogens (tertiary/aromatic N) is 8. The van der Waals surface area contributed by atoms with Crippen LogP contribution in [0.1, 0.15) is 141 Å². The highest BCUT2D eigenvalue weighted by Crippen LogP contribution is 2.44. The van der Waals surface area contributed by atoms with E-state index < -0.39 is 6.09 Å². The molecule has 0 radical (unpaired) electrons. The lowest BCUT2D eigenvalue weighted by atomic mass is 10.0. The number of halogens is 2. The number of phenolic OH excluding ortho intramolecular Hbond substituents is 1. The topological polar surface area (TPSA) is 317 Å². The average molecular weight is 1990 g/mol. The summed E-state index contributed by atoms with van der Waals surface area (Å²) in [5.41, 5.74) is 15.7. The Labute approximate surface area is 831 Å². The molecule has 136 heavy (non-hydrogen) atoms. The zero-order chi connectivity index (χ0) is 101. The molecule has 0 aliphatic carbocycles. The van der Waals surface area contributed by atoms with Crippen molar-refractivity contribution in [1.29, 1.82) is 0 Å². The van der Waals surface area contributed by atoms with Gasteiger partial charge < -0.3 is 110 Å². The molecule has 0 fully saturated rings. The second-order valence-corrected chi connectivity index (χ2v) is 38.1. The summed E-state index contributed by atoms with van der Waals surface area (Å²) in [5.74, 6) is 3.59. The fourth-order valence-corrected chi connectivity index (χ4v) is 17.2. The largest absolute Gasteiger partial charge is 0.506 e. The van der Waals surface area contributed by atoms with Crippen LogP contribution >= 0.6 is 72.7 Å². The van der Waals surface area contributed by atoms with Crippen LogP contribution in [0, 0.1) is 41.3 Å². The monoisotopic (exact) mass is 1980 g/mol. The van der Waals surface area contributed by atoms with E-state index in [1.807, 2.05) is 149 Å². The van der Waals surface area contributed by atoms with Crippen LogP contribution in [0.5, 0.6) is 34.5 Å². The molecule has 30 nitrogen and oxygen atoms in total. The number of methoxy groups -OCH3 is 5. The number of hydrogen-bond donors (Lipinski definition) is 9. The number of rotatable bonds is 12. The number of aromatic hydroxyl groups is 1. The van der Waals surface area contributed by atoms with E-state index >= 15 is 0 Å². The van der Waals surface area contributed by atoms with Crippen molar-refractivity contribution in [3.05, 3.63) is 141 Å². The van der Waals surface area contributed by atoms with Crippen molar-refractivity contribution in [2.75, 3.05) is 174 Å². The van der Waals surface area contributed by atoms with Gasteiger partial charge in [0.15, 0.2) is 25.6 Å². The molecule has 7 amide bonds. The number of alkyl carbamates (subject to hydrolysis) is 1. The van der Waals surface area contributed by atoms with Gasteiger partial charge in [0, 0.05) is 154 Å². The Morgan fingerprint density at radius 2 is 0.669 bits per heavy atom. The van der Waals surface area contributed by atoms with Crippen LogP contribution in [-0.2, 0) is 72.0 Å². The molecule has 37 heteroatoms. The molecule has 0 bridgehead atoms. The van der Waals surface area contributed by atoms with Gasteiger partial charge in [-0.15, -0.1) is 0 Å². The number of ether oxygens (including phenoxy) is 6. The number of thiocarbonyl (C=S) groups is 5. The highest BCUT2D eigenvalue weighted by Gasteiger charge is 2.34. The molecule has 736 valence electrons. The molecule has 0 saturated heterocycles. The first-order valence-electron chi connectivity index (χ1n) is 44.9. The number of fused-ring (bicyclic) bond motifs is 6. The molecule has 6 atom stereocenters. The highest BCUT2D eigenvalue weighted by atomic mass is 35.5. The number of amides is 7. The fourth-order valence-electron chi connectivity index (χ4n) is 15.9. The number of aryl methyl sites for hydroxylation is 6. The van der Waals surface area contributed by atoms with E-state index in [4.69, 9.17) is 101 Å². The van der Waals surface area contributed by atoms with Crippen LogP contribution in [0.4, 0.5) is 77.4 Å². The molecule has 0 aromatic heterocycles. The van der Waals surface area contributed by atoms with Crippen molar-refractivity contribution in [3.8, 4) is 34.5 Å². The number of carbonyl (C=O) groups excluding carboxylic acids is 7. The zero-order valence-corrected chi connectivity index (χ0v) is 87.4. The number of phenols is 1. The molecule has 6 heterocycles. The number of anilines is 12. The van der Waals surface area contributed by atoms with E-state index in [-0.39, 0.29) is 99.8 Å². The second kappa shape index (κ2) is 49.4. The van der Waals surface area contributed by atoms with E-state index in [2.05, 4.69) is 63.3 Å². The molecule has 9 N–H and O–H groups in total. The van der Waals surface area contributed by atoms with Gasteiger partial charge in [-0.3, -0.25) is 34.1 Å². The second-order valence-electron chi connectivity index (χ2n) is 35.7. The summed E-state index contributed by atoms with van der Waals surface area (Å²) in [6.07, 6.45) is 9.25. The van der Waals surface area contributed by atoms with Crippen LogP contribution in [0.25, 0.3) is 0 Å². The van der Waals surface area contributed by atoms with Crippen molar-refractivity contribution in [2.24, 2.45) is 35.5 Å². The van der Waals surface area contributed by atoms with Gasteiger partial charge in [-0.2, -0.15) is 0 Å². The van der Waals surface area contributed by atoms with Crippen molar-refractivity contribution in [3.63, 3.8) is 0 Å². The van der Waals surface area contributed by atoms with Gasteiger partial charge in [0.05, 0.1) is 110 Å². The molecule has 7 aromatic rings. The van der Waals surface area contributed by atoms with E-state index in [9.17, 15) is 43.1 Å². The third-order valence-corrected chi connectivity index (χ3v) is 25.9. The molecule has 7 aromatic carbocycles. The van der Waals surface area contributed by atoms with Gasteiger partial charge in [-0.1, -0.05) is 53.1 Å². The van der Waals surface area contributed by atoms with Gasteiger partial charge in [0.2, 0.25) is 35.4 Å². The highest BCUT2D eigenvalue weighted by molar-refractivity contribution is 7.81. The lowest BCUT2D eigenvalue weighted by molar-refractivity contribution is -0.122. The van der Waals surface area contributed by atoms with E-state index in [1.54, 1.807) is 122 Å².